The summed E-state index contributed by atoms with van der Waals surface area (Å²) in [4.78, 5) is 14.7. The largest absolute Gasteiger partial charge is 0.261 e. The summed E-state index contributed by atoms with van der Waals surface area (Å²) in [6.45, 7) is 10.1. The molecular formula is C33H35FN4. The minimum atomic E-state index is -0.276. The van der Waals surface area contributed by atoms with Gasteiger partial charge in [-0.3, -0.25) is 4.98 Å². The fraction of sp³-hybridized carbons (Fsp3) is 0.394. The van der Waals surface area contributed by atoms with Gasteiger partial charge in [-0.1, -0.05) is 37.6 Å². The molecule has 0 N–H and O–H groups in total. The average Bonchev–Trinajstić information content (AvgIpc) is 3.81. The van der Waals surface area contributed by atoms with Gasteiger partial charge in [0.15, 0.2) is 5.82 Å². The summed E-state index contributed by atoms with van der Waals surface area (Å²) in [5.74, 6) is 1.62. The third-order valence-corrected chi connectivity index (χ3v) is 8.33. The summed E-state index contributed by atoms with van der Waals surface area (Å²) in [6, 6.07) is 13.4. The number of benzene rings is 1. The minimum Gasteiger partial charge on any atom is -0.261 e. The van der Waals surface area contributed by atoms with Crippen LogP contribution < -0.4 is 0 Å². The fourth-order valence-corrected chi connectivity index (χ4v) is 6.28. The van der Waals surface area contributed by atoms with E-state index in [1.165, 1.54) is 24.5 Å². The number of hydrogen-bond donors (Lipinski definition) is 0. The van der Waals surface area contributed by atoms with E-state index in [2.05, 4.69) is 30.6 Å². The fourth-order valence-electron chi connectivity index (χ4n) is 6.28. The zero-order valence-corrected chi connectivity index (χ0v) is 22.5. The molecule has 2 heterocycles. The van der Waals surface area contributed by atoms with Crippen molar-refractivity contribution < 1.29 is 4.39 Å². The lowest BCUT2D eigenvalue weighted by molar-refractivity contribution is 0.256. The molecular weight excluding hydrogens is 471 g/mol. The number of allylic oxidation sites excluding steroid dienone is 3. The van der Waals surface area contributed by atoms with Gasteiger partial charge < -0.3 is 0 Å². The summed E-state index contributed by atoms with van der Waals surface area (Å²) in [7, 11) is 0. The first-order valence-electron chi connectivity index (χ1n) is 13.9. The van der Waals surface area contributed by atoms with Crippen LogP contribution in [-0.4, -0.2) is 15.0 Å². The molecule has 2 aromatic heterocycles. The molecule has 0 spiro atoms. The van der Waals surface area contributed by atoms with Gasteiger partial charge in [0, 0.05) is 46.0 Å². The Morgan fingerprint density at radius 2 is 1.92 bits per heavy atom. The van der Waals surface area contributed by atoms with E-state index in [0.29, 0.717) is 35.3 Å². The van der Waals surface area contributed by atoms with Crippen molar-refractivity contribution in [2.24, 2.45) is 11.8 Å². The topological polar surface area (TPSA) is 62.5 Å². The predicted molar refractivity (Wildman–Crippen MR) is 150 cm³/mol. The van der Waals surface area contributed by atoms with Crippen LogP contribution in [0.5, 0.6) is 0 Å². The van der Waals surface area contributed by atoms with Crippen molar-refractivity contribution in [1.82, 2.24) is 15.0 Å². The molecule has 3 atom stereocenters. The van der Waals surface area contributed by atoms with E-state index in [-0.39, 0.29) is 17.7 Å². The van der Waals surface area contributed by atoms with Crippen molar-refractivity contribution >= 4 is 0 Å². The summed E-state index contributed by atoms with van der Waals surface area (Å²) in [5.41, 5.74) is 7.23. The van der Waals surface area contributed by atoms with E-state index in [1.54, 1.807) is 6.07 Å². The van der Waals surface area contributed by atoms with E-state index in [9.17, 15) is 5.26 Å². The molecule has 6 rings (SSSR count). The van der Waals surface area contributed by atoms with Gasteiger partial charge >= 0.3 is 0 Å². The molecule has 3 aliphatic rings. The maximum absolute atomic E-state index is 15.1. The van der Waals surface area contributed by atoms with Crippen LogP contribution in [0.3, 0.4) is 0 Å². The second-order valence-corrected chi connectivity index (χ2v) is 10.4. The first kappa shape index (κ1) is 26.0. The Hall–Kier alpha value is -3.65. The molecule has 1 aromatic carbocycles. The molecule has 38 heavy (non-hydrogen) atoms. The third kappa shape index (κ3) is 4.69. The highest BCUT2D eigenvalue weighted by Crippen LogP contribution is 2.52. The van der Waals surface area contributed by atoms with E-state index in [4.69, 9.17) is 9.97 Å². The maximum Gasteiger partial charge on any atom is 0.160 e. The van der Waals surface area contributed by atoms with Crippen LogP contribution in [0.4, 0.5) is 4.39 Å². The van der Waals surface area contributed by atoms with Crippen molar-refractivity contribution in [3.8, 4) is 28.7 Å². The second kappa shape index (κ2) is 11.0. The lowest BCUT2D eigenvalue weighted by atomic mass is 9.62. The maximum atomic E-state index is 15.1. The monoisotopic (exact) mass is 506 g/mol. The first-order chi connectivity index (χ1) is 18.6. The van der Waals surface area contributed by atoms with E-state index < -0.39 is 0 Å². The molecule has 3 aromatic rings. The zero-order valence-electron chi connectivity index (χ0n) is 22.5. The normalized spacial score (nSPS) is 21.9. The third-order valence-electron chi connectivity index (χ3n) is 8.33. The number of aromatic nitrogens is 3. The number of nitrogens with zero attached hydrogens (tertiary/aromatic N) is 4. The molecule has 194 valence electrons. The summed E-state index contributed by atoms with van der Waals surface area (Å²) in [6.07, 6.45) is 9.42. The summed E-state index contributed by atoms with van der Waals surface area (Å²) >= 11 is 0. The number of halogens is 1. The number of rotatable bonds is 5. The summed E-state index contributed by atoms with van der Waals surface area (Å²) < 4.78 is 15.1. The minimum absolute atomic E-state index is 0.106. The average molecular weight is 507 g/mol. The lowest BCUT2D eigenvalue weighted by Crippen LogP contribution is -2.33. The second-order valence-electron chi connectivity index (χ2n) is 10.4. The SMILES string of the molecule is C=CCC1C(C)=C(C#N)CC2c3nc(-c4ccnc(C5CC5)c4)nc(-c4ccccc4F)c3CCC12.CC. The molecule has 4 nitrogen and oxygen atoms in total. The zero-order chi connectivity index (χ0) is 26.8. The van der Waals surface area contributed by atoms with Crippen molar-refractivity contribution in [2.45, 2.75) is 71.1 Å². The van der Waals surface area contributed by atoms with Crippen LogP contribution in [0, 0.1) is 29.0 Å². The Balaban J connectivity index is 0.00000144. The molecule has 0 aliphatic heterocycles. The molecule has 5 heteroatoms. The van der Waals surface area contributed by atoms with Crippen molar-refractivity contribution in [1.29, 1.82) is 5.26 Å². The van der Waals surface area contributed by atoms with Gasteiger partial charge in [-0.2, -0.15) is 5.26 Å². The Kier molecular flexibility index (Phi) is 7.51. The van der Waals surface area contributed by atoms with Crippen molar-refractivity contribution in [2.75, 3.05) is 0 Å². The smallest absolute Gasteiger partial charge is 0.160 e. The van der Waals surface area contributed by atoms with E-state index in [0.717, 1.165) is 47.4 Å². The van der Waals surface area contributed by atoms with E-state index >= 15 is 4.39 Å². The van der Waals surface area contributed by atoms with Gasteiger partial charge in [0.2, 0.25) is 0 Å². The Morgan fingerprint density at radius 1 is 1.13 bits per heavy atom. The van der Waals surface area contributed by atoms with Crippen LogP contribution in [-0.2, 0) is 6.42 Å². The van der Waals surface area contributed by atoms with Crippen LogP contribution in [0.15, 0.2) is 66.4 Å². The molecule has 0 amide bonds. The van der Waals surface area contributed by atoms with Crippen LogP contribution in [0.25, 0.3) is 22.6 Å². The molecule has 3 unspecified atom stereocenters. The highest BCUT2D eigenvalue weighted by atomic mass is 19.1. The van der Waals surface area contributed by atoms with Gasteiger partial charge in [0.1, 0.15) is 5.82 Å². The molecule has 1 saturated carbocycles. The number of nitriles is 1. The van der Waals surface area contributed by atoms with Gasteiger partial charge in [-0.15, -0.1) is 6.58 Å². The summed E-state index contributed by atoms with van der Waals surface area (Å²) in [5, 5.41) is 9.95. The van der Waals surface area contributed by atoms with Gasteiger partial charge in [0.05, 0.1) is 17.5 Å². The van der Waals surface area contributed by atoms with Crippen molar-refractivity contribution in [3.63, 3.8) is 0 Å². The van der Waals surface area contributed by atoms with Gasteiger partial charge in [-0.05, 0) is 81.5 Å². The first-order valence-corrected chi connectivity index (χ1v) is 13.9. The number of fused-ring (bicyclic) bond motifs is 3. The van der Waals surface area contributed by atoms with Gasteiger partial charge in [-0.25, -0.2) is 14.4 Å². The van der Waals surface area contributed by atoms with Crippen LogP contribution >= 0.6 is 0 Å². The highest BCUT2D eigenvalue weighted by molar-refractivity contribution is 5.69. The molecule has 0 radical (unpaired) electrons. The lowest BCUT2D eigenvalue weighted by Gasteiger charge is -2.42. The Labute approximate surface area is 225 Å². The van der Waals surface area contributed by atoms with Crippen LogP contribution in [0.2, 0.25) is 0 Å². The molecule has 3 aliphatic carbocycles. The predicted octanol–water partition coefficient (Wildman–Crippen LogP) is 8.33. The molecule has 1 fully saturated rings. The van der Waals surface area contributed by atoms with Crippen molar-refractivity contribution in [3.05, 3.63) is 89.2 Å². The standard InChI is InChI=1S/C31H29FN4.C2H6/c1-3-6-22-18(2)21(17-33)15-26-23(22)11-12-25-29(24-7-4-5-8-27(24)32)35-31(36-30(25)26)20-13-14-34-28(16-20)19-9-10-19;1-2/h3-5,7-8,13-14,16,19,22-23,26H,1,6,9-12,15H2,2H3;1-2H3. The molecule has 0 saturated heterocycles. The Bertz CT molecular complexity index is 1430. The highest BCUT2D eigenvalue weighted by Gasteiger charge is 2.42. The van der Waals surface area contributed by atoms with Crippen LogP contribution in [0.1, 0.15) is 81.7 Å². The number of hydrogen-bond acceptors (Lipinski definition) is 4. The van der Waals surface area contributed by atoms with E-state index in [1.807, 2.05) is 44.3 Å². The number of pyridine rings is 1. The Morgan fingerprint density at radius 3 is 2.63 bits per heavy atom. The molecule has 0 bridgehead atoms. The quantitative estimate of drug-likeness (QED) is 0.326. The van der Waals surface area contributed by atoms with Gasteiger partial charge in [0.25, 0.3) is 0 Å².